The molecule has 1 aliphatic carbocycles. The van der Waals surface area contributed by atoms with Gasteiger partial charge >= 0.3 is 5.97 Å². The summed E-state index contributed by atoms with van der Waals surface area (Å²) in [5.74, 6) is -1.67. The Balaban J connectivity index is 1.97. The largest absolute Gasteiger partial charge is 0.481 e. The number of fused-ring (bicyclic) bond motifs is 1. The first-order chi connectivity index (χ1) is 11.9. The maximum Gasteiger partial charge on any atom is 0.305 e. The molecule has 0 saturated carbocycles. The molecule has 132 valence electrons. The standard InChI is InChI=1S/C18H20FN3O3/c1-11-6-7-15(13(19)10-11)22-14-5-3-4-12(14)17(20-22)18(25)21(2)9-8-16(23)24/h6-7,10H,3-5,8-9H2,1-2H3,(H,23,24). The number of rotatable bonds is 5. The van der Waals surface area contributed by atoms with Crippen LogP contribution in [-0.2, 0) is 17.6 Å². The average molecular weight is 345 g/mol. The van der Waals surface area contributed by atoms with E-state index in [2.05, 4.69) is 5.10 Å². The number of nitrogens with zero attached hydrogens (tertiary/aromatic N) is 3. The van der Waals surface area contributed by atoms with Gasteiger partial charge in [0.15, 0.2) is 5.69 Å². The number of carboxylic acids is 1. The van der Waals surface area contributed by atoms with E-state index in [9.17, 15) is 14.0 Å². The van der Waals surface area contributed by atoms with Gasteiger partial charge in [-0.25, -0.2) is 9.07 Å². The molecule has 2 aromatic rings. The number of aryl methyl sites for hydroxylation is 1. The quantitative estimate of drug-likeness (QED) is 0.903. The Bertz CT molecular complexity index is 844. The minimum Gasteiger partial charge on any atom is -0.481 e. The smallest absolute Gasteiger partial charge is 0.305 e. The van der Waals surface area contributed by atoms with Crippen molar-refractivity contribution in [3.63, 3.8) is 0 Å². The molecule has 0 aliphatic heterocycles. The summed E-state index contributed by atoms with van der Waals surface area (Å²) < 4.78 is 15.9. The minimum absolute atomic E-state index is 0.106. The molecule has 7 heteroatoms. The second kappa shape index (κ2) is 6.66. The molecule has 0 spiro atoms. The average Bonchev–Trinajstić information content (AvgIpc) is 3.14. The van der Waals surface area contributed by atoms with Crippen LogP contribution in [0.5, 0.6) is 0 Å². The number of aliphatic carboxylic acids is 1. The van der Waals surface area contributed by atoms with Crippen LogP contribution in [0.25, 0.3) is 5.69 Å². The molecule has 0 saturated heterocycles. The van der Waals surface area contributed by atoms with Gasteiger partial charge in [-0.1, -0.05) is 6.07 Å². The van der Waals surface area contributed by atoms with E-state index in [1.807, 2.05) is 13.0 Å². The summed E-state index contributed by atoms with van der Waals surface area (Å²) >= 11 is 0. The van der Waals surface area contributed by atoms with Crippen molar-refractivity contribution < 1.29 is 19.1 Å². The Morgan fingerprint density at radius 1 is 1.36 bits per heavy atom. The molecule has 6 nitrogen and oxygen atoms in total. The number of benzene rings is 1. The van der Waals surface area contributed by atoms with Crippen LogP contribution in [0, 0.1) is 12.7 Å². The van der Waals surface area contributed by atoms with Crippen molar-refractivity contribution in [2.24, 2.45) is 0 Å². The summed E-state index contributed by atoms with van der Waals surface area (Å²) in [6.07, 6.45) is 2.22. The van der Waals surface area contributed by atoms with Crippen LogP contribution in [-0.4, -0.2) is 45.3 Å². The summed E-state index contributed by atoms with van der Waals surface area (Å²) in [4.78, 5) is 24.7. The molecule has 0 bridgehead atoms. The SMILES string of the molecule is Cc1ccc(-n2nc(C(=O)N(C)CCC(=O)O)c3c2CCC3)c(F)c1. The van der Waals surface area contributed by atoms with E-state index < -0.39 is 5.97 Å². The van der Waals surface area contributed by atoms with Gasteiger partial charge in [-0.2, -0.15) is 5.10 Å². The van der Waals surface area contributed by atoms with Crippen molar-refractivity contribution in [1.29, 1.82) is 0 Å². The van der Waals surface area contributed by atoms with Crippen molar-refractivity contribution >= 4 is 11.9 Å². The van der Waals surface area contributed by atoms with Gasteiger partial charge in [-0.05, 0) is 43.9 Å². The second-order valence-corrected chi connectivity index (χ2v) is 6.36. The predicted molar refractivity (Wildman–Crippen MR) is 89.5 cm³/mol. The Hall–Kier alpha value is -2.70. The van der Waals surface area contributed by atoms with E-state index in [1.165, 1.54) is 15.6 Å². The number of aromatic nitrogens is 2. The lowest BCUT2D eigenvalue weighted by molar-refractivity contribution is -0.137. The molecule has 1 aliphatic rings. The highest BCUT2D eigenvalue weighted by atomic mass is 19.1. The Labute approximate surface area is 144 Å². The van der Waals surface area contributed by atoms with Gasteiger partial charge in [0.2, 0.25) is 0 Å². The molecule has 1 aromatic carbocycles. The summed E-state index contributed by atoms with van der Waals surface area (Å²) in [5, 5.41) is 13.2. The second-order valence-electron chi connectivity index (χ2n) is 6.36. The van der Waals surface area contributed by atoms with E-state index in [-0.39, 0.29) is 24.7 Å². The highest BCUT2D eigenvalue weighted by Crippen LogP contribution is 2.29. The Morgan fingerprint density at radius 2 is 2.12 bits per heavy atom. The molecule has 0 atom stereocenters. The number of amides is 1. The van der Waals surface area contributed by atoms with Gasteiger partial charge < -0.3 is 10.0 Å². The molecule has 3 rings (SSSR count). The van der Waals surface area contributed by atoms with Crippen molar-refractivity contribution in [2.45, 2.75) is 32.6 Å². The first-order valence-electron chi connectivity index (χ1n) is 8.23. The van der Waals surface area contributed by atoms with Gasteiger partial charge in [0.05, 0.1) is 6.42 Å². The number of hydrogen-bond donors (Lipinski definition) is 1. The van der Waals surface area contributed by atoms with Gasteiger partial charge in [0, 0.05) is 24.8 Å². The van der Waals surface area contributed by atoms with Gasteiger partial charge in [0.1, 0.15) is 11.5 Å². The summed E-state index contributed by atoms with van der Waals surface area (Å²) in [5.41, 5.74) is 3.14. The monoisotopic (exact) mass is 345 g/mol. The fourth-order valence-corrected chi connectivity index (χ4v) is 3.14. The number of carboxylic acid groups (broad SMARTS) is 1. The lowest BCUT2D eigenvalue weighted by Gasteiger charge is -2.15. The van der Waals surface area contributed by atoms with Crippen LogP contribution < -0.4 is 0 Å². The van der Waals surface area contributed by atoms with Gasteiger partial charge in [-0.3, -0.25) is 9.59 Å². The van der Waals surface area contributed by atoms with Crippen LogP contribution in [0.1, 0.15) is 40.2 Å². The molecule has 0 radical (unpaired) electrons. The first kappa shape index (κ1) is 17.1. The fourth-order valence-electron chi connectivity index (χ4n) is 3.14. The van der Waals surface area contributed by atoms with E-state index in [4.69, 9.17) is 5.11 Å². The number of carbonyl (C=O) groups excluding carboxylic acids is 1. The van der Waals surface area contributed by atoms with Gasteiger partial charge in [-0.15, -0.1) is 0 Å². The highest BCUT2D eigenvalue weighted by molar-refractivity contribution is 5.94. The zero-order chi connectivity index (χ0) is 18.1. The molecule has 1 heterocycles. The van der Waals surface area contributed by atoms with Crippen LogP contribution in [0.3, 0.4) is 0 Å². The third kappa shape index (κ3) is 3.26. The van der Waals surface area contributed by atoms with Crippen molar-refractivity contribution in [2.75, 3.05) is 13.6 Å². The molecule has 0 fully saturated rings. The summed E-state index contributed by atoms with van der Waals surface area (Å²) in [7, 11) is 1.55. The zero-order valence-electron chi connectivity index (χ0n) is 14.3. The molecule has 25 heavy (non-hydrogen) atoms. The Kier molecular flexibility index (Phi) is 4.57. The predicted octanol–water partition coefficient (Wildman–Crippen LogP) is 2.36. The molecule has 0 unspecified atom stereocenters. The Morgan fingerprint density at radius 3 is 2.80 bits per heavy atom. The lowest BCUT2D eigenvalue weighted by atomic mass is 10.1. The highest BCUT2D eigenvalue weighted by Gasteiger charge is 2.29. The number of hydrogen-bond acceptors (Lipinski definition) is 3. The summed E-state index contributed by atoms with van der Waals surface area (Å²) in [6.45, 7) is 1.92. The minimum atomic E-state index is -0.961. The topological polar surface area (TPSA) is 75.4 Å². The molecule has 1 amide bonds. The number of carbonyl (C=O) groups is 2. The van der Waals surface area contributed by atoms with Crippen molar-refractivity contribution in [3.05, 3.63) is 46.5 Å². The third-order valence-corrected chi connectivity index (χ3v) is 4.47. The third-order valence-electron chi connectivity index (χ3n) is 4.47. The lowest BCUT2D eigenvalue weighted by Crippen LogP contribution is -2.30. The normalized spacial score (nSPS) is 12.9. The fraction of sp³-hybridized carbons (Fsp3) is 0.389. The first-order valence-corrected chi connectivity index (χ1v) is 8.23. The molecule has 1 aromatic heterocycles. The summed E-state index contributed by atoms with van der Waals surface area (Å²) in [6, 6.07) is 4.92. The van der Waals surface area contributed by atoms with Crippen LogP contribution >= 0.6 is 0 Å². The van der Waals surface area contributed by atoms with Crippen molar-refractivity contribution in [1.82, 2.24) is 14.7 Å². The van der Waals surface area contributed by atoms with E-state index >= 15 is 0 Å². The number of halogens is 1. The molecular weight excluding hydrogens is 325 g/mol. The maximum atomic E-state index is 14.4. The maximum absolute atomic E-state index is 14.4. The van der Waals surface area contributed by atoms with E-state index in [1.54, 1.807) is 13.1 Å². The molecule has 1 N–H and O–H groups in total. The zero-order valence-corrected chi connectivity index (χ0v) is 14.3. The van der Waals surface area contributed by atoms with Crippen LogP contribution in [0.4, 0.5) is 4.39 Å². The van der Waals surface area contributed by atoms with E-state index in [0.717, 1.165) is 36.1 Å². The van der Waals surface area contributed by atoms with E-state index in [0.29, 0.717) is 11.4 Å². The van der Waals surface area contributed by atoms with Crippen molar-refractivity contribution in [3.8, 4) is 5.69 Å². The molecular formula is C18H20FN3O3. The van der Waals surface area contributed by atoms with Crippen LogP contribution in [0.15, 0.2) is 18.2 Å². The van der Waals surface area contributed by atoms with Gasteiger partial charge in [0.25, 0.3) is 5.91 Å². The van der Waals surface area contributed by atoms with Crippen LogP contribution in [0.2, 0.25) is 0 Å².